The quantitative estimate of drug-likeness (QED) is 0.918. The maximum atomic E-state index is 6.02. The van der Waals surface area contributed by atoms with Crippen molar-refractivity contribution in [2.24, 2.45) is 0 Å². The molecular formula is C14H17N3O2. The molecule has 0 fully saturated rings. The molecule has 0 saturated heterocycles. The lowest BCUT2D eigenvalue weighted by Crippen LogP contribution is -2.15. The summed E-state index contributed by atoms with van der Waals surface area (Å²) in [5.74, 6) is 1.54. The van der Waals surface area contributed by atoms with Crippen molar-refractivity contribution >= 4 is 5.69 Å². The van der Waals surface area contributed by atoms with Crippen LogP contribution in [0.3, 0.4) is 0 Å². The van der Waals surface area contributed by atoms with Gasteiger partial charge in [0.25, 0.3) is 0 Å². The average molecular weight is 259 g/mol. The number of rotatable bonds is 3. The zero-order chi connectivity index (χ0) is 13.2. The number of aromatic nitrogens is 2. The third-order valence-electron chi connectivity index (χ3n) is 3.06. The van der Waals surface area contributed by atoms with Gasteiger partial charge < -0.3 is 15.2 Å². The maximum Gasteiger partial charge on any atom is 0.162 e. The number of hydrogen-bond donors (Lipinski definition) is 1. The summed E-state index contributed by atoms with van der Waals surface area (Å²) in [6, 6.07) is 5.80. The van der Waals surface area contributed by atoms with Gasteiger partial charge in [0.2, 0.25) is 0 Å². The molecule has 0 spiro atoms. The summed E-state index contributed by atoms with van der Waals surface area (Å²) < 4.78 is 13.0. The minimum absolute atomic E-state index is 0.580. The summed E-state index contributed by atoms with van der Waals surface area (Å²) in [7, 11) is 0. The number of nitrogen functional groups attached to an aromatic ring is 1. The van der Waals surface area contributed by atoms with Crippen LogP contribution in [0.4, 0.5) is 5.69 Å². The molecule has 3 rings (SSSR count). The number of nitrogens with two attached hydrogens (primary N) is 1. The molecule has 1 aliphatic heterocycles. The topological polar surface area (TPSA) is 62.3 Å². The van der Waals surface area contributed by atoms with E-state index in [1.165, 1.54) is 0 Å². The molecule has 100 valence electrons. The number of hydrogen-bond acceptors (Lipinski definition) is 4. The Balaban J connectivity index is 1.97. The minimum Gasteiger partial charge on any atom is -0.486 e. The monoisotopic (exact) mass is 259 g/mol. The van der Waals surface area contributed by atoms with Gasteiger partial charge in [0.1, 0.15) is 18.9 Å². The Bertz CT molecular complexity index is 592. The molecule has 2 heterocycles. The second-order valence-corrected chi connectivity index (χ2v) is 4.55. The van der Waals surface area contributed by atoms with Gasteiger partial charge in [-0.15, -0.1) is 0 Å². The van der Waals surface area contributed by atoms with Crippen molar-refractivity contribution in [2.75, 3.05) is 18.9 Å². The van der Waals surface area contributed by atoms with E-state index in [1.54, 1.807) is 0 Å². The van der Waals surface area contributed by atoms with E-state index in [0.29, 0.717) is 18.9 Å². The zero-order valence-corrected chi connectivity index (χ0v) is 10.9. The Kier molecular flexibility index (Phi) is 3.03. The van der Waals surface area contributed by atoms with Crippen LogP contribution in [0, 0.1) is 0 Å². The first-order valence-electron chi connectivity index (χ1n) is 6.51. The smallest absolute Gasteiger partial charge is 0.162 e. The van der Waals surface area contributed by atoms with Crippen LogP contribution in [0.15, 0.2) is 24.4 Å². The molecule has 19 heavy (non-hydrogen) atoms. The molecule has 0 saturated carbocycles. The van der Waals surface area contributed by atoms with Gasteiger partial charge >= 0.3 is 0 Å². The van der Waals surface area contributed by atoms with Crippen LogP contribution in [0.1, 0.15) is 13.3 Å². The molecular weight excluding hydrogens is 242 g/mol. The van der Waals surface area contributed by atoms with Crippen molar-refractivity contribution in [3.05, 3.63) is 24.4 Å². The van der Waals surface area contributed by atoms with Crippen LogP contribution < -0.4 is 15.2 Å². The highest BCUT2D eigenvalue weighted by Crippen LogP contribution is 2.35. The maximum absolute atomic E-state index is 6.02. The van der Waals surface area contributed by atoms with Gasteiger partial charge in [0, 0.05) is 18.3 Å². The van der Waals surface area contributed by atoms with E-state index in [1.807, 2.05) is 29.1 Å². The first-order chi connectivity index (χ1) is 9.28. The Morgan fingerprint density at radius 3 is 2.84 bits per heavy atom. The molecule has 0 aliphatic carbocycles. The van der Waals surface area contributed by atoms with E-state index in [0.717, 1.165) is 35.7 Å². The minimum atomic E-state index is 0.580. The Morgan fingerprint density at radius 1 is 1.26 bits per heavy atom. The van der Waals surface area contributed by atoms with E-state index >= 15 is 0 Å². The Labute approximate surface area is 111 Å². The Morgan fingerprint density at radius 2 is 2.05 bits per heavy atom. The van der Waals surface area contributed by atoms with E-state index in [-0.39, 0.29) is 0 Å². The molecule has 0 bridgehead atoms. The van der Waals surface area contributed by atoms with E-state index in [4.69, 9.17) is 15.2 Å². The SMILES string of the molecule is CCCn1cc(N)c(-c2ccc3c(c2)OCCO3)n1. The summed E-state index contributed by atoms with van der Waals surface area (Å²) >= 11 is 0. The van der Waals surface area contributed by atoms with Gasteiger partial charge in [-0.05, 0) is 24.6 Å². The van der Waals surface area contributed by atoms with E-state index < -0.39 is 0 Å². The highest BCUT2D eigenvalue weighted by molar-refractivity contribution is 5.74. The summed E-state index contributed by atoms with van der Waals surface area (Å²) in [6.45, 7) is 4.16. The fraction of sp³-hybridized carbons (Fsp3) is 0.357. The molecule has 0 radical (unpaired) electrons. The van der Waals surface area contributed by atoms with Gasteiger partial charge in [0.15, 0.2) is 11.5 Å². The van der Waals surface area contributed by atoms with Crippen molar-refractivity contribution in [3.63, 3.8) is 0 Å². The van der Waals surface area contributed by atoms with E-state index in [9.17, 15) is 0 Å². The largest absolute Gasteiger partial charge is 0.486 e. The van der Waals surface area contributed by atoms with Crippen molar-refractivity contribution in [3.8, 4) is 22.8 Å². The number of aryl methyl sites for hydroxylation is 1. The molecule has 0 unspecified atom stereocenters. The van der Waals surface area contributed by atoms with Crippen molar-refractivity contribution in [1.29, 1.82) is 0 Å². The van der Waals surface area contributed by atoms with Gasteiger partial charge in [-0.1, -0.05) is 6.92 Å². The highest BCUT2D eigenvalue weighted by atomic mass is 16.6. The van der Waals surface area contributed by atoms with Crippen LogP contribution in [-0.2, 0) is 6.54 Å². The second-order valence-electron chi connectivity index (χ2n) is 4.55. The molecule has 5 heteroatoms. The molecule has 2 aromatic rings. The summed E-state index contributed by atoms with van der Waals surface area (Å²) in [5.41, 5.74) is 8.46. The fourth-order valence-electron chi connectivity index (χ4n) is 2.20. The third kappa shape index (κ3) is 2.23. The number of ether oxygens (including phenoxy) is 2. The van der Waals surface area contributed by atoms with Gasteiger partial charge in [-0.2, -0.15) is 5.10 Å². The lowest BCUT2D eigenvalue weighted by Gasteiger charge is -2.18. The van der Waals surface area contributed by atoms with Gasteiger partial charge in [-0.3, -0.25) is 4.68 Å². The molecule has 0 amide bonds. The van der Waals surface area contributed by atoms with Crippen LogP contribution in [0.2, 0.25) is 0 Å². The average Bonchev–Trinajstić information content (AvgIpc) is 2.79. The second kappa shape index (κ2) is 4.84. The van der Waals surface area contributed by atoms with Crippen LogP contribution in [0.25, 0.3) is 11.3 Å². The number of nitrogens with zero attached hydrogens (tertiary/aromatic N) is 2. The van der Waals surface area contributed by atoms with Crippen molar-refractivity contribution in [1.82, 2.24) is 9.78 Å². The van der Waals surface area contributed by atoms with Crippen LogP contribution >= 0.6 is 0 Å². The van der Waals surface area contributed by atoms with Crippen LogP contribution in [0.5, 0.6) is 11.5 Å². The predicted molar refractivity (Wildman–Crippen MR) is 73.4 cm³/mol. The molecule has 1 aliphatic rings. The highest BCUT2D eigenvalue weighted by Gasteiger charge is 2.15. The lowest BCUT2D eigenvalue weighted by atomic mass is 10.1. The first-order valence-corrected chi connectivity index (χ1v) is 6.51. The Hall–Kier alpha value is -2.17. The summed E-state index contributed by atoms with van der Waals surface area (Å²) in [6.07, 6.45) is 2.90. The fourth-order valence-corrected chi connectivity index (χ4v) is 2.20. The van der Waals surface area contributed by atoms with Gasteiger partial charge in [0.05, 0.1) is 5.69 Å². The first kappa shape index (κ1) is 11.9. The van der Waals surface area contributed by atoms with Crippen LogP contribution in [-0.4, -0.2) is 23.0 Å². The van der Waals surface area contributed by atoms with E-state index in [2.05, 4.69) is 12.0 Å². The summed E-state index contributed by atoms with van der Waals surface area (Å²) in [5, 5.41) is 4.51. The number of benzene rings is 1. The zero-order valence-electron chi connectivity index (χ0n) is 10.9. The molecule has 2 N–H and O–H groups in total. The number of anilines is 1. The third-order valence-corrected chi connectivity index (χ3v) is 3.06. The standard InChI is InChI=1S/C14H17N3O2/c1-2-5-17-9-11(15)14(16-17)10-3-4-12-13(8-10)19-7-6-18-12/h3-4,8-9H,2,5-7,15H2,1H3. The molecule has 1 aromatic heterocycles. The lowest BCUT2D eigenvalue weighted by molar-refractivity contribution is 0.171. The van der Waals surface area contributed by atoms with Gasteiger partial charge in [-0.25, -0.2) is 0 Å². The predicted octanol–water partition coefficient (Wildman–Crippen LogP) is 2.31. The summed E-state index contributed by atoms with van der Waals surface area (Å²) in [4.78, 5) is 0. The normalized spacial score (nSPS) is 13.5. The van der Waals surface area contributed by atoms with Crippen molar-refractivity contribution in [2.45, 2.75) is 19.9 Å². The molecule has 5 nitrogen and oxygen atoms in total. The molecule has 0 atom stereocenters. The molecule has 1 aromatic carbocycles. The number of fused-ring (bicyclic) bond motifs is 1. The van der Waals surface area contributed by atoms with Crippen molar-refractivity contribution < 1.29 is 9.47 Å².